The molecule has 1 amide bonds. The molecule has 0 aliphatic carbocycles. The molecule has 0 aliphatic rings. The molecule has 3 nitrogen and oxygen atoms in total. The molecule has 0 atom stereocenters. The smallest absolute Gasteiger partial charge is 0.411 e. The van der Waals surface area contributed by atoms with Crippen molar-refractivity contribution in [2.24, 2.45) is 0 Å². The molecule has 0 spiro atoms. The predicted molar refractivity (Wildman–Crippen MR) is 61.6 cm³/mol. The summed E-state index contributed by atoms with van der Waals surface area (Å²) in [6, 6.07) is 5.80. The van der Waals surface area contributed by atoms with Crippen molar-refractivity contribution in [2.45, 2.75) is 13.8 Å². The van der Waals surface area contributed by atoms with Gasteiger partial charge in [0, 0.05) is 5.69 Å². The number of hydrogen-bond acceptors (Lipinski definition) is 2. The van der Waals surface area contributed by atoms with Crippen LogP contribution in [-0.2, 0) is 4.74 Å². The van der Waals surface area contributed by atoms with Gasteiger partial charge in [-0.3, -0.25) is 5.32 Å². The third-order valence-corrected chi connectivity index (χ3v) is 1.93. The average molecular weight is 228 g/mol. The minimum atomic E-state index is -0.472. The highest BCUT2D eigenvalue weighted by atomic mass is 35.5. The first-order valence-corrected chi connectivity index (χ1v) is 5.23. The first-order valence-electron chi connectivity index (χ1n) is 4.70. The highest BCUT2D eigenvalue weighted by molar-refractivity contribution is 6.18. The first kappa shape index (κ1) is 11.9. The Kier molecular flexibility index (Phi) is 4.43. The maximum atomic E-state index is 11.2. The summed E-state index contributed by atoms with van der Waals surface area (Å²) >= 11 is 5.39. The Hall–Kier alpha value is -1.22. The van der Waals surface area contributed by atoms with Crippen LogP contribution in [0.1, 0.15) is 11.1 Å². The molecule has 0 unspecified atom stereocenters. The van der Waals surface area contributed by atoms with E-state index in [4.69, 9.17) is 16.3 Å². The SMILES string of the molecule is Cc1cc(C)cc(NC(=O)OCCCl)c1. The standard InChI is InChI=1S/C11H14ClNO2/c1-8-5-9(2)7-10(6-8)13-11(14)15-4-3-12/h5-7H,3-4H2,1-2H3,(H,13,14). The van der Waals surface area contributed by atoms with Crippen molar-refractivity contribution >= 4 is 23.4 Å². The molecule has 15 heavy (non-hydrogen) atoms. The van der Waals surface area contributed by atoms with Gasteiger partial charge in [0.25, 0.3) is 0 Å². The second kappa shape index (κ2) is 5.61. The molecule has 82 valence electrons. The quantitative estimate of drug-likeness (QED) is 0.806. The van der Waals surface area contributed by atoms with Gasteiger partial charge in [-0.05, 0) is 37.1 Å². The summed E-state index contributed by atoms with van der Waals surface area (Å²) in [5.74, 6) is 0.306. The zero-order valence-corrected chi connectivity index (χ0v) is 9.60. The van der Waals surface area contributed by atoms with E-state index in [1.54, 1.807) is 0 Å². The van der Waals surface area contributed by atoms with Crippen molar-refractivity contribution in [2.75, 3.05) is 17.8 Å². The number of carbonyl (C=O) groups excluding carboxylic acids is 1. The van der Waals surface area contributed by atoms with Crippen LogP contribution in [0, 0.1) is 13.8 Å². The number of aryl methyl sites for hydroxylation is 2. The van der Waals surface area contributed by atoms with E-state index in [1.165, 1.54) is 0 Å². The van der Waals surface area contributed by atoms with E-state index in [9.17, 15) is 4.79 Å². The number of rotatable bonds is 3. The Balaban J connectivity index is 2.60. The number of alkyl halides is 1. The number of ether oxygens (including phenoxy) is 1. The Morgan fingerprint density at radius 2 is 1.93 bits per heavy atom. The molecule has 0 radical (unpaired) electrons. The lowest BCUT2D eigenvalue weighted by molar-refractivity contribution is 0.168. The monoisotopic (exact) mass is 227 g/mol. The van der Waals surface area contributed by atoms with E-state index < -0.39 is 6.09 Å². The first-order chi connectivity index (χ1) is 7.11. The molecular formula is C11H14ClNO2. The van der Waals surface area contributed by atoms with Crippen molar-refractivity contribution in [1.29, 1.82) is 0 Å². The third-order valence-electron chi connectivity index (χ3n) is 1.78. The van der Waals surface area contributed by atoms with Gasteiger partial charge in [0.15, 0.2) is 0 Å². The highest BCUT2D eigenvalue weighted by Gasteiger charge is 2.03. The summed E-state index contributed by atoms with van der Waals surface area (Å²) in [5.41, 5.74) is 2.94. The van der Waals surface area contributed by atoms with Crippen LogP contribution in [0.4, 0.5) is 10.5 Å². The summed E-state index contributed by atoms with van der Waals surface area (Å²) < 4.78 is 4.79. The summed E-state index contributed by atoms with van der Waals surface area (Å²) in [6.07, 6.45) is -0.472. The van der Waals surface area contributed by atoms with Gasteiger partial charge >= 0.3 is 6.09 Å². The number of hydrogen-bond donors (Lipinski definition) is 1. The van der Waals surface area contributed by atoms with Gasteiger partial charge in [0.1, 0.15) is 6.61 Å². The molecule has 0 bridgehead atoms. The lowest BCUT2D eigenvalue weighted by atomic mass is 10.1. The zero-order chi connectivity index (χ0) is 11.3. The molecule has 1 rings (SSSR count). The highest BCUT2D eigenvalue weighted by Crippen LogP contribution is 2.13. The summed E-state index contributed by atoms with van der Waals surface area (Å²) in [5, 5.41) is 2.64. The molecule has 0 aliphatic heterocycles. The van der Waals surface area contributed by atoms with E-state index in [1.807, 2.05) is 32.0 Å². The molecular weight excluding hydrogens is 214 g/mol. The van der Waals surface area contributed by atoms with Gasteiger partial charge in [-0.15, -0.1) is 11.6 Å². The Labute approximate surface area is 94.4 Å². The topological polar surface area (TPSA) is 38.3 Å². The molecule has 0 saturated carbocycles. The Bertz CT molecular complexity index is 332. The fraction of sp³-hybridized carbons (Fsp3) is 0.364. The lowest BCUT2D eigenvalue weighted by Crippen LogP contribution is -2.15. The second-order valence-electron chi connectivity index (χ2n) is 3.33. The second-order valence-corrected chi connectivity index (χ2v) is 3.70. The molecule has 1 aromatic carbocycles. The van der Waals surface area contributed by atoms with Crippen molar-refractivity contribution in [3.63, 3.8) is 0 Å². The number of nitrogens with one attached hydrogen (secondary N) is 1. The van der Waals surface area contributed by atoms with E-state index >= 15 is 0 Å². The molecule has 0 fully saturated rings. The van der Waals surface area contributed by atoms with Gasteiger partial charge in [0.05, 0.1) is 5.88 Å². The number of amides is 1. The van der Waals surface area contributed by atoms with E-state index in [2.05, 4.69) is 5.32 Å². The van der Waals surface area contributed by atoms with Crippen LogP contribution in [0.25, 0.3) is 0 Å². The lowest BCUT2D eigenvalue weighted by Gasteiger charge is -2.07. The number of benzene rings is 1. The van der Waals surface area contributed by atoms with E-state index in [-0.39, 0.29) is 6.61 Å². The number of anilines is 1. The van der Waals surface area contributed by atoms with Gasteiger partial charge in [-0.25, -0.2) is 4.79 Å². The van der Waals surface area contributed by atoms with E-state index in [0.29, 0.717) is 5.88 Å². The van der Waals surface area contributed by atoms with Crippen molar-refractivity contribution in [3.05, 3.63) is 29.3 Å². The minimum absolute atomic E-state index is 0.220. The van der Waals surface area contributed by atoms with Crippen molar-refractivity contribution in [3.8, 4) is 0 Å². The van der Waals surface area contributed by atoms with Crippen LogP contribution in [0.5, 0.6) is 0 Å². The van der Waals surface area contributed by atoms with Crippen LogP contribution >= 0.6 is 11.6 Å². The van der Waals surface area contributed by atoms with Crippen LogP contribution < -0.4 is 5.32 Å². The Morgan fingerprint density at radius 1 is 1.33 bits per heavy atom. The minimum Gasteiger partial charge on any atom is -0.448 e. The van der Waals surface area contributed by atoms with Gasteiger partial charge < -0.3 is 4.74 Å². The van der Waals surface area contributed by atoms with Crippen LogP contribution in [0.2, 0.25) is 0 Å². The van der Waals surface area contributed by atoms with E-state index in [0.717, 1.165) is 16.8 Å². The molecule has 1 N–H and O–H groups in total. The number of halogens is 1. The third kappa shape index (κ3) is 4.21. The summed E-state index contributed by atoms with van der Waals surface area (Å²) in [7, 11) is 0. The van der Waals surface area contributed by atoms with Crippen molar-refractivity contribution in [1.82, 2.24) is 0 Å². The normalized spacial score (nSPS) is 9.80. The van der Waals surface area contributed by atoms with Crippen molar-refractivity contribution < 1.29 is 9.53 Å². The fourth-order valence-corrected chi connectivity index (χ4v) is 1.41. The Morgan fingerprint density at radius 3 is 2.47 bits per heavy atom. The molecule has 4 heteroatoms. The maximum Gasteiger partial charge on any atom is 0.411 e. The fourth-order valence-electron chi connectivity index (χ4n) is 1.33. The molecule has 0 saturated heterocycles. The van der Waals surface area contributed by atoms with Crippen LogP contribution in [0.3, 0.4) is 0 Å². The zero-order valence-electron chi connectivity index (χ0n) is 8.84. The number of carbonyl (C=O) groups is 1. The molecule has 0 aromatic heterocycles. The van der Waals surface area contributed by atoms with Crippen LogP contribution in [0.15, 0.2) is 18.2 Å². The largest absolute Gasteiger partial charge is 0.448 e. The van der Waals surface area contributed by atoms with Gasteiger partial charge in [-0.2, -0.15) is 0 Å². The molecule has 0 heterocycles. The van der Waals surface area contributed by atoms with Crippen LogP contribution in [-0.4, -0.2) is 18.6 Å². The van der Waals surface area contributed by atoms with Gasteiger partial charge in [-0.1, -0.05) is 6.07 Å². The van der Waals surface area contributed by atoms with Gasteiger partial charge in [0.2, 0.25) is 0 Å². The predicted octanol–water partition coefficient (Wildman–Crippen LogP) is 3.09. The molecule has 1 aromatic rings. The summed E-state index contributed by atoms with van der Waals surface area (Å²) in [6.45, 7) is 4.17. The average Bonchev–Trinajstić information content (AvgIpc) is 2.13. The summed E-state index contributed by atoms with van der Waals surface area (Å²) in [4.78, 5) is 11.2. The maximum absolute atomic E-state index is 11.2.